The van der Waals surface area contributed by atoms with Crippen molar-refractivity contribution in [3.05, 3.63) is 54.5 Å². The fraction of sp³-hybridized carbons (Fsp3) is 0.250. The first-order valence-electron chi connectivity index (χ1n) is 8.81. The zero-order chi connectivity index (χ0) is 19.7. The van der Waals surface area contributed by atoms with Crippen molar-refractivity contribution in [2.75, 3.05) is 38.3 Å². The van der Waals surface area contributed by atoms with E-state index in [1.807, 2.05) is 4.90 Å². The average molecular weight is 402 g/mol. The Kier molecular flexibility index (Phi) is 4.91. The van der Waals surface area contributed by atoms with E-state index in [1.165, 1.54) is 37.6 Å². The van der Waals surface area contributed by atoms with Crippen molar-refractivity contribution in [1.29, 1.82) is 0 Å². The summed E-state index contributed by atoms with van der Waals surface area (Å²) in [6.45, 7) is 1.98. The summed E-state index contributed by atoms with van der Waals surface area (Å²) in [6, 6.07) is 10.4. The third kappa shape index (κ3) is 3.29. The summed E-state index contributed by atoms with van der Waals surface area (Å²) in [5, 5.41) is 0.469. The number of aromatic nitrogens is 1. The van der Waals surface area contributed by atoms with Crippen LogP contribution in [0.5, 0.6) is 5.75 Å². The van der Waals surface area contributed by atoms with Gasteiger partial charge in [0.25, 0.3) is 0 Å². The van der Waals surface area contributed by atoms with Crippen LogP contribution in [-0.2, 0) is 14.6 Å². The van der Waals surface area contributed by atoms with Gasteiger partial charge in [0.1, 0.15) is 16.5 Å². The zero-order valence-electron chi connectivity index (χ0n) is 15.3. The van der Waals surface area contributed by atoms with Gasteiger partial charge >= 0.3 is 0 Å². The Morgan fingerprint density at radius 3 is 2.50 bits per heavy atom. The Morgan fingerprint density at radius 2 is 1.82 bits per heavy atom. The second-order valence-corrected chi connectivity index (χ2v) is 8.33. The van der Waals surface area contributed by atoms with Gasteiger partial charge in [0.15, 0.2) is 0 Å². The molecule has 0 atom stereocenters. The number of nitrogens with zero attached hydrogens (tertiary/aromatic N) is 2. The molecule has 0 unspecified atom stereocenters. The molecular formula is C20H19FN2O4S. The topological polar surface area (TPSA) is 68.7 Å². The number of methoxy groups -OCH3 is 1. The van der Waals surface area contributed by atoms with Crippen LogP contribution < -0.4 is 9.64 Å². The molecule has 8 heteroatoms. The van der Waals surface area contributed by atoms with Crippen LogP contribution >= 0.6 is 0 Å². The highest BCUT2D eigenvalue weighted by Gasteiger charge is 2.28. The summed E-state index contributed by atoms with van der Waals surface area (Å²) in [6.07, 6.45) is 1.35. The van der Waals surface area contributed by atoms with Crippen LogP contribution in [0.2, 0.25) is 0 Å². The minimum Gasteiger partial charge on any atom is -0.497 e. The van der Waals surface area contributed by atoms with E-state index in [4.69, 9.17) is 9.47 Å². The van der Waals surface area contributed by atoms with E-state index in [0.29, 0.717) is 48.6 Å². The summed E-state index contributed by atoms with van der Waals surface area (Å²) in [4.78, 5) is 6.37. The first kappa shape index (κ1) is 18.6. The number of hydrogen-bond donors (Lipinski definition) is 0. The van der Waals surface area contributed by atoms with Crippen LogP contribution in [0.25, 0.3) is 10.9 Å². The van der Waals surface area contributed by atoms with E-state index in [9.17, 15) is 12.8 Å². The highest BCUT2D eigenvalue weighted by atomic mass is 32.2. The maximum Gasteiger partial charge on any atom is 0.210 e. The van der Waals surface area contributed by atoms with Gasteiger partial charge in [-0.25, -0.2) is 12.8 Å². The number of pyridine rings is 1. The van der Waals surface area contributed by atoms with Crippen molar-refractivity contribution in [2.24, 2.45) is 0 Å². The number of fused-ring (bicyclic) bond motifs is 1. The van der Waals surface area contributed by atoms with Crippen molar-refractivity contribution in [1.82, 2.24) is 4.98 Å². The summed E-state index contributed by atoms with van der Waals surface area (Å²) < 4.78 is 51.3. The molecule has 6 nitrogen and oxygen atoms in total. The molecule has 2 aromatic carbocycles. The first-order valence-corrected chi connectivity index (χ1v) is 10.3. The van der Waals surface area contributed by atoms with E-state index in [0.717, 1.165) is 0 Å². The molecule has 0 bridgehead atoms. The largest absolute Gasteiger partial charge is 0.497 e. The SMILES string of the molecule is COc1ccc(S(=O)(=O)c2cnc3ccc(F)cc3c2N2CCOCC2)cc1. The lowest BCUT2D eigenvalue weighted by Crippen LogP contribution is -2.37. The Hall–Kier alpha value is -2.71. The van der Waals surface area contributed by atoms with Gasteiger partial charge in [-0.05, 0) is 42.5 Å². The molecule has 146 valence electrons. The number of anilines is 1. The molecule has 2 heterocycles. The zero-order valence-corrected chi connectivity index (χ0v) is 16.1. The van der Waals surface area contributed by atoms with E-state index >= 15 is 0 Å². The molecule has 4 rings (SSSR count). The molecule has 0 saturated carbocycles. The molecule has 0 aliphatic carbocycles. The van der Waals surface area contributed by atoms with E-state index in [1.54, 1.807) is 18.2 Å². The van der Waals surface area contributed by atoms with E-state index in [2.05, 4.69) is 4.98 Å². The first-order chi connectivity index (χ1) is 13.5. The van der Waals surface area contributed by atoms with E-state index in [-0.39, 0.29) is 9.79 Å². The Balaban J connectivity index is 1.94. The number of sulfone groups is 1. The second kappa shape index (κ2) is 7.37. The van der Waals surface area contributed by atoms with Gasteiger partial charge in [0.2, 0.25) is 9.84 Å². The highest BCUT2D eigenvalue weighted by Crippen LogP contribution is 2.36. The lowest BCUT2D eigenvalue weighted by atomic mass is 10.1. The lowest BCUT2D eigenvalue weighted by Gasteiger charge is -2.31. The van der Waals surface area contributed by atoms with Crippen molar-refractivity contribution >= 4 is 26.4 Å². The summed E-state index contributed by atoms with van der Waals surface area (Å²) >= 11 is 0. The van der Waals surface area contributed by atoms with E-state index < -0.39 is 15.7 Å². The fourth-order valence-electron chi connectivity index (χ4n) is 3.32. The quantitative estimate of drug-likeness (QED) is 0.668. The third-order valence-electron chi connectivity index (χ3n) is 4.75. The smallest absolute Gasteiger partial charge is 0.210 e. The summed E-state index contributed by atoms with van der Waals surface area (Å²) in [5.41, 5.74) is 1.00. The molecular weight excluding hydrogens is 383 g/mol. The molecule has 0 spiro atoms. The number of halogens is 1. The number of benzene rings is 2. The standard InChI is InChI=1S/C20H19FN2O4S/c1-26-15-3-5-16(6-4-15)28(24,25)19-13-22-18-7-2-14(21)12-17(18)20(19)23-8-10-27-11-9-23/h2-7,12-13H,8-11H2,1H3. The van der Waals surface area contributed by atoms with Gasteiger partial charge in [0.05, 0.1) is 36.4 Å². The van der Waals surface area contributed by atoms with Crippen molar-refractivity contribution in [2.45, 2.75) is 9.79 Å². The Bertz CT molecular complexity index is 1110. The Morgan fingerprint density at radius 1 is 1.11 bits per heavy atom. The average Bonchev–Trinajstić information content (AvgIpc) is 2.73. The molecule has 1 aliphatic heterocycles. The number of rotatable bonds is 4. The normalized spacial score (nSPS) is 15.0. The van der Waals surface area contributed by atoms with Gasteiger partial charge in [-0.15, -0.1) is 0 Å². The molecule has 0 amide bonds. The van der Waals surface area contributed by atoms with Crippen molar-refractivity contribution in [3.63, 3.8) is 0 Å². The maximum absolute atomic E-state index is 14.0. The monoisotopic (exact) mass is 402 g/mol. The minimum absolute atomic E-state index is 0.0534. The Labute approximate surface area is 162 Å². The second-order valence-electron chi connectivity index (χ2n) is 6.41. The molecule has 1 saturated heterocycles. The van der Waals surface area contributed by atoms with Crippen LogP contribution in [-0.4, -0.2) is 46.8 Å². The highest BCUT2D eigenvalue weighted by molar-refractivity contribution is 7.91. The minimum atomic E-state index is -3.87. The maximum atomic E-state index is 14.0. The molecule has 1 fully saturated rings. The molecule has 1 aliphatic rings. The molecule has 28 heavy (non-hydrogen) atoms. The predicted octanol–water partition coefficient (Wildman–Crippen LogP) is 3.05. The summed E-state index contributed by atoms with van der Waals surface area (Å²) in [5.74, 6) is 0.119. The van der Waals surface area contributed by atoms with Gasteiger partial charge < -0.3 is 14.4 Å². The number of ether oxygens (including phenoxy) is 2. The van der Waals surface area contributed by atoms with Crippen LogP contribution in [0.3, 0.4) is 0 Å². The van der Waals surface area contributed by atoms with Gasteiger partial charge in [-0.1, -0.05) is 0 Å². The molecule has 3 aromatic rings. The molecule has 1 aromatic heterocycles. The van der Waals surface area contributed by atoms with Crippen LogP contribution in [0.15, 0.2) is 58.5 Å². The van der Waals surface area contributed by atoms with Gasteiger partial charge in [-0.2, -0.15) is 0 Å². The van der Waals surface area contributed by atoms with Crippen molar-refractivity contribution < 1.29 is 22.3 Å². The molecule has 0 N–H and O–H groups in total. The van der Waals surface area contributed by atoms with Crippen LogP contribution in [0, 0.1) is 5.82 Å². The predicted molar refractivity (Wildman–Crippen MR) is 103 cm³/mol. The van der Waals surface area contributed by atoms with Gasteiger partial charge in [-0.3, -0.25) is 4.98 Å². The fourth-order valence-corrected chi connectivity index (χ4v) is 4.76. The number of morpholine rings is 1. The molecule has 0 radical (unpaired) electrons. The third-order valence-corrected chi connectivity index (χ3v) is 6.53. The van der Waals surface area contributed by atoms with Crippen LogP contribution in [0.4, 0.5) is 10.1 Å². The number of hydrogen-bond acceptors (Lipinski definition) is 6. The van der Waals surface area contributed by atoms with Gasteiger partial charge in [0, 0.05) is 24.7 Å². The summed E-state index contributed by atoms with van der Waals surface area (Å²) in [7, 11) is -2.36. The van der Waals surface area contributed by atoms with Crippen LogP contribution in [0.1, 0.15) is 0 Å². The van der Waals surface area contributed by atoms with Crippen molar-refractivity contribution in [3.8, 4) is 5.75 Å². The lowest BCUT2D eigenvalue weighted by molar-refractivity contribution is 0.122.